The van der Waals surface area contributed by atoms with Crippen LogP contribution in [0, 0.1) is 10.1 Å². The van der Waals surface area contributed by atoms with Gasteiger partial charge in [0.15, 0.2) is 0 Å². The maximum atomic E-state index is 11.6. The van der Waals surface area contributed by atoms with Crippen molar-refractivity contribution >= 4 is 21.4 Å². The van der Waals surface area contributed by atoms with Crippen LogP contribution in [-0.2, 0) is 14.8 Å². The molecular formula is C14H15N3O6S. The number of ether oxygens (including phenoxy) is 1. The van der Waals surface area contributed by atoms with E-state index in [2.05, 4.69) is 0 Å². The minimum absolute atomic E-state index is 0.298. The summed E-state index contributed by atoms with van der Waals surface area (Å²) in [7, 11) is -4.06. The molecule has 10 heteroatoms. The molecule has 1 aromatic heterocycles. The number of sulfonamides is 1. The van der Waals surface area contributed by atoms with Crippen molar-refractivity contribution in [3.05, 3.63) is 52.5 Å². The molecule has 0 aliphatic carbocycles. The molecule has 0 spiro atoms. The van der Waals surface area contributed by atoms with Gasteiger partial charge in [0.2, 0.25) is 10.0 Å². The minimum atomic E-state index is -4.06. The van der Waals surface area contributed by atoms with Gasteiger partial charge in [0.25, 0.3) is 5.69 Å². The Kier molecular flexibility index (Phi) is 4.26. The summed E-state index contributed by atoms with van der Waals surface area (Å²) in [5.41, 5.74) is 0.0608. The van der Waals surface area contributed by atoms with Crippen molar-refractivity contribution in [1.29, 1.82) is 0 Å². The Bertz CT molecular complexity index is 849. The molecule has 1 aromatic carbocycles. The highest BCUT2D eigenvalue weighted by Crippen LogP contribution is 2.30. The second kappa shape index (κ2) is 6.23. The molecule has 0 saturated carbocycles. The zero-order chi connectivity index (χ0) is 17.3. The molecule has 1 aliphatic heterocycles. The number of nitro benzene ring substituents is 1. The lowest BCUT2D eigenvalue weighted by molar-refractivity contribution is -0.385. The first kappa shape index (κ1) is 16.4. The van der Waals surface area contributed by atoms with Gasteiger partial charge in [-0.25, -0.2) is 13.6 Å². The van der Waals surface area contributed by atoms with E-state index in [1.807, 2.05) is 0 Å². The van der Waals surface area contributed by atoms with Gasteiger partial charge in [-0.3, -0.25) is 10.1 Å². The molecule has 2 aromatic rings. The molecule has 9 nitrogen and oxygen atoms in total. The highest BCUT2D eigenvalue weighted by Gasteiger charge is 2.26. The smallest absolute Gasteiger partial charge is 0.272 e. The predicted molar refractivity (Wildman–Crippen MR) is 84.1 cm³/mol. The quantitative estimate of drug-likeness (QED) is 0.650. The zero-order valence-corrected chi connectivity index (χ0v) is 13.3. The van der Waals surface area contributed by atoms with Crippen molar-refractivity contribution in [2.75, 3.05) is 24.6 Å². The fourth-order valence-corrected chi connectivity index (χ4v) is 3.12. The van der Waals surface area contributed by atoms with Crippen LogP contribution in [0.4, 0.5) is 11.4 Å². The number of benzene rings is 1. The van der Waals surface area contributed by atoms with E-state index in [9.17, 15) is 18.5 Å². The Morgan fingerprint density at radius 3 is 2.75 bits per heavy atom. The van der Waals surface area contributed by atoms with Crippen LogP contribution in [0.2, 0.25) is 0 Å². The van der Waals surface area contributed by atoms with Crippen LogP contribution in [0.3, 0.4) is 0 Å². The lowest BCUT2D eigenvalue weighted by Crippen LogP contribution is -2.38. The van der Waals surface area contributed by atoms with Crippen LogP contribution in [-0.4, -0.2) is 33.0 Å². The first-order valence-corrected chi connectivity index (χ1v) is 8.61. The first-order valence-electron chi connectivity index (χ1n) is 7.07. The number of nitro groups is 1. The summed E-state index contributed by atoms with van der Waals surface area (Å²) in [5.74, 6) is 0.636. The van der Waals surface area contributed by atoms with Gasteiger partial charge in [-0.2, -0.15) is 0 Å². The number of primary sulfonamides is 1. The van der Waals surface area contributed by atoms with Gasteiger partial charge in [0.05, 0.1) is 29.2 Å². The van der Waals surface area contributed by atoms with Gasteiger partial charge in [0, 0.05) is 24.4 Å². The van der Waals surface area contributed by atoms with Crippen LogP contribution >= 0.6 is 0 Å². The van der Waals surface area contributed by atoms with Crippen molar-refractivity contribution in [1.82, 2.24) is 0 Å². The van der Waals surface area contributed by atoms with E-state index in [0.29, 0.717) is 31.1 Å². The van der Waals surface area contributed by atoms with E-state index in [1.165, 1.54) is 18.4 Å². The van der Waals surface area contributed by atoms with E-state index in [0.717, 1.165) is 6.07 Å². The number of hydrogen-bond donors (Lipinski definition) is 1. The number of non-ortho nitro benzene ring substituents is 1. The molecule has 1 saturated heterocycles. The molecule has 2 heterocycles. The number of anilines is 1. The number of rotatable bonds is 4. The summed E-state index contributed by atoms with van der Waals surface area (Å²) < 4.78 is 34.1. The van der Waals surface area contributed by atoms with Crippen molar-refractivity contribution in [2.45, 2.75) is 11.0 Å². The van der Waals surface area contributed by atoms with Gasteiger partial charge >= 0.3 is 0 Å². The van der Waals surface area contributed by atoms with Crippen LogP contribution in [0.5, 0.6) is 0 Å². The summed E-state index contributed by atoms with van der Waals surface area (Å²) in [6.07, 6.45) is 1.19. The second-order valence-electron chi connectivity index (χ2n) is 5.31. The van der Waals surface area contributed by atoms with E-state index in [1.54, 1.807) is 17.0 Å². The van der Waals surface area contributed by atoms with Crippen molar-refractivity contribution in [2.24, 2.45) is 5.14 Å². The largest absolute Gasteiger partial charge is 0.467 e. The monoisotopic (exact) mass is 353 g/mol. The molecule has 24 heavy (non-hydrogen) atoms. The molecule has 1 fully saturated rings. The van der Waals surface area contributed by atoms with Crippen LogP contribution in [0.25, 0.3) is 0 Å². The Morgan fingerprint density at radius 1 is 1.33 bits per heavy atom. The van der Waals surface area contributed by atoms with Crippen LogP contribution in [0.1, 0.15) is 11.9 Å². The van der Waals surface area contributed by atoms with E-state index in [4.69, 9.17) is 14.3 Å². The third kappa shape index (κ3) is 3.40. The second-order valence-corrected chi connectivity index (χ2v) is 6.87. The first-order chi connectivity index (χ1) is 11.3. The summed E-state index contributed by atoms with van der Waals surface area (Å²) >= 11 is 0. The minimum Gasteiger partial charge on any atom is -0.467 e. The predicted octanol–water partition coefficient (Wildman–Crippen LogP) is 1.41. The van der Waals surface area contributed by atoms with E-state index >= 15 is 0 Å². The maximum absolute atomic E-state index is 11.6. The van der Waals surface area contributed by atoms with Gasteiger partial charge in [-0.15, -0.1) is 0 Å². The molecular weight excluding hydrogens is 338 g/mol. The van der Waals surface area contributed by atoms with Gasteiger partial charge < -0.3 is 14.1 Å². The van der Waals surface area contributed by atoms with E-state index in [-0.39, 0.29) is 16.7 Å². The Labute approximate surface area is 137 Å². The van der Waals surface area contributed by atoms with Gasteiger partial charge in [0.1, 0.15) is 11.9 Å². The third-order valence-electron chi connectivity index (χ3n) is 3.71. The molecule has 1 unspecified atom stereocenters. The number of nitrogens with two attached hydrogens (primary N) is 1. The van der Waals surface area contributed by atoms with Crippen molar-refractivity contribution < 1.29 is 22.5 Å². The summed E-state index contributed by atoms with van der Waals surface area (Å²) in [6.45, 7) is 1.21. The molecule has 1 atom stereocenters. The number of nitrogens with zero attached hydrogens (tertiary/aromatic N) is 2. The molecule has 0 amide bonds. The fraction of sp³-hybridized carbons (Fsp3) is 0.286. The lowest BCUT2D eigenvalue weighted by atomic mass is 10.2. The molecule has 1 aliphatic rings. The Balaban J connectivity index is 1.95. The average Bonchev–Trinajstić information content (AvgIpc) is 3.08. The maximum Gasteiger partial charge on any atom is 0.272 e. The van der Waals surface area contributed by atoms with Crippen LogP contribution < -0.4 is 10.0 Å². The zero-order valence-electron chi connectivity index (χ0n) is 12.5. The van der Waals surface area contributed by atoms with Crippen molar-refractivity contribution in [3.63, 3.8) is 0 Å². The molecule has 0 bridgehead atoms. The molecule has 128 valence electrons. The Morgan fingerprint density at radius 2 is 2.12 bits per heavy atom. The summed E-state index contributed by atoms with van der Waals surface area (Å²) in [4.78, 5) is 11.9. The van der Waals surface area contributed by atoms with Gasteiger partial charge in [-0.1, -0.05) is 0 Å². The topological polar surface area (TPSA) is 129 Å². The number of furan rings is 1. The van der Waals surface area contributed by atoms with Crippen molar-refractivity contribution in [3.8, 4) is 0 Å². The summed E-state index contributed by atoms with van der Waals surface area (Å²) in [6, 6.07) is 7.11. The molecule has 2 N–H and O–H groups in total. The third-order valence-corrected chi connectivity index (χ3v) is 4.60. The molecule has 0 radical (unpaired) electrons. The van der Waals surface area contributed by atoms with Gasteiger partial charge in [-0.05, 0) is 18.2 Å². The number of hydrogen-bond acceptors (Lipinski definition) is 7. The summed E-state index contributed by atoms with van der Waals surface area (Å²) in [5, 5.41) is 16.2. The van der Waals surface area contributed by atoms with E-state index < -0.39 is 14.9 Å². The fourth-order valence-electron chi connectivity index (χ4n) is 2.55. The van der Waals surface area contributed by atoms with Crippen LogP contribution in [0.15, 0.2) is 45.9 Å². The average molecular weight is 353 g/mol. The molecule has 3 rings (SSSR count). The standard InChI is InChI=1S/C14H15N3O6S/c15-24(20,21)12-7-10(6-11(8-12)17(18)19)16-3-5-23-14(9-16)13-2-1-4-22-13/h1-2,4,6-8,14H,3,5,9H2,(H2,15,20,21). The highest BCUT2D eigenvalue weighted by molar-refractivity contribution is 7.89. The normalized spacial score (nSPS) is 18.5. The lowest BCUT2D eigenvalue weighted by Gasteiger charge is -2.33. The Hall–Kier alpha value is -2.43. The highest BCUT2D eigenvalue weighted by atomic mass is 32.2. The number of morpholine rings is 1. The SMILES string of the molecule is NS(=O)(=O)c1cc(N2CCOC(c3ccco3)C2)cc([N+](=O)[O-])c1.